The van der Waals surface area contributed by atoms with Crippen LogP contribution in [0, 0.1) is 18.3 Å². The van der Waals surface area contributed by atoms with Gasteiger partial charge in [-0.1, -0.05) is 0 Å². The van der Waals surface area contributed by atoms with Crippen molar-refractivity contribution in [3.63, 3.8) is 0 Å². The second kappa shape index (κ2) is 3.98. The SMILES string of the molecule is Cc1csc(NC(=N)NC(=O)C2CC2)n1. The van der Waals surface area contributed by atoms with E-state index in [4.69, 9.17) is 5.41 Å². The fraction of sp³-hybridized carbons (Fsp3) is 0.444. The van der Waals surface area contributed by atoms with Crippen molar-refractivity contribution in [1.82, 2.24) is 10.3 Å². The van der Waals surface area contributed by atoms with E-state index in [1.807, 2.05) is 12.3 Å². The number of hydrogen-bond donors (Lipinski definition) is 3. The topological polar surface area (TPSA) is 77.9 Å². The minimum Gasteiger partial charge on any atom is -0.302 e. The monoisotopic (exact) mass is 224 g/mol. The van der Waals surface area contributed by atoms with Gasteiger partial charge in [-0.05, 0) is 19.8 Å². The average Bonchev–Trinajstić information content (AvgIpc) is 2.92. The Kier molecular flexibility index (Phi) is 2.68. The number of guanidine groups is 1. The molecule has 1 aromatic heterocycles. The lowest BCUT2D eigenvalue weighted by molar-refractivity contribution is -0.120. The van der Waals surface area contributed by atoms with Gasteiger partial charge in [0.2, 0.25) is 11.9 Å². The van der Waals surface area contributed by atoms with Crippen molar-refractivity contribution >= 4 is 28.3 Å². The fourth-order valence-corrected chi connectivity index (χ4v) is 1.81. The highest BCUT2D eigenvalue weighted by molar-refractivity contribution is 7.13. The average molecular weight is 224 g/mol. The lowest BCUT2D eigenvalue weighted by Crippen LogP contribution is -2.35. The summed E-state index contributed by atoms with van der Waals surface area (Å²) in [5.41, 5.74) is 0.906. The number of carbonyl (C=O) groups is 1. The predicted octanol–water partition coefficient (Wildman–Crippen LogP) is 1.32. The summed E-state index contributed by atoms with van der Waals surface area (Å²) >= 11 is 1.41. The Morgan fingerprint density at radius 1 is 1.67 bits per heavy atom. The van der Waals surface area contributed by atoms with Crippen LogP contribution in [0.3, 0.4) is 0 Å². The van der Waals surface area contributed by atoms with Gasteiger partial charge in [-0.3, -0.25) is 15.5 Å². The normalized spacial score (nSPS) is 14.7. The quantitative estimate of drug-likeness (QED) is 0.523. The largest absolute Gasteiger partial charge is 0.302 e. The molecule has 15 heavy (non-hydrogen) atoms. The number of aryl methyl sites for hydroxylation is 1. The summed E-state index contributed by atoms with van der Waals surface area (Å²) < 4.78 is 0. The number of nitrogens with one attached hydrogen (secondary N) is 3. The van der Waals surface area contributed by atoms with E-state index >= 15 is 0 Å². The second-order valence-corrected chi connectivity index (χ2v) is 4.42. The van der Waals surface area contributed by atoms with E-state index in [9.17, 15) is 4.79 Å². The summed E-state index contributed by atoms with van der Waals surface area (Å²) in [6.07, 6.45) is 1.88. The number of hydrogen-bond acceptors (Lipinski definition) is 4. The van der Waals surface area contributed by atoms with Crippen LogP contribution in [0.4, 0.5) is 5.13 Å². The van der Waals surface area contributed by atoms with Gasteiger partial charge in [-0.2, -0.15) is 0 Å². The molecule has 0 radical (unpaired) electrons. The molecule has 6 heteroatoms. The van der Waals surface area contributed by atoms with Crippen molar-refractivity contribution in [3.8, 4) is 0 Å². The third kappa shape index (κ3) is 2.76. The molecule has 0 aliphatic heterocycles. The Morgan fingerprint density at radius 2 is 2.40 bits per heavy atom. The van der Waals surface area contributed by atoms with Crippen LogP contribution in [0.25, 0.3) is 0 Å². The van der Waals surface area contributed by atoms with Crippen LogP contribution in [0.2, 0.25) is 0 Å². The van der Waals surface area contributed by atoms with E-state index in [0.717, 1.165) is 18.5 Å². The predicted molar refractivity (Wildman–Crippen MR) is 59.1 cm³/mol. The number of anilines is 1. The first-order valence-electron chi connectivity index (χ1n) is 4.74. The van der Waals surface area contributed by atoms with Gasteiger partial charge >= 0.3 is 0 Å². The number of aromatic nitrogens is 1. The van der Waals surface area contributed by atoms with E-state index in [2.05, 4.69) is 15.6 Å². The van der Waals surface area contributed by atoms with Crippen LogP contribution in [0.15, 0.2) is 5.38 Å². The summed E-state index contributed by atoms with van der Waals surface area (Å²) in [5.74, 6) is 0.0483. The van der Waals surface area contributed by atoms with Gasteiger partial charge in [0.1, 0.15) is 0 Å². The maximum atomic E-state index is 11.3. The van der Waals surface area contributed by atoms with Crippen molar-refractivity contribution in [3.05, 3.63) is 11.1 Å². The highest BCUT2D eigenvalue weighted by atomic mass is 32.1. The molecule has 0 bridgehead atoms. The van der Waals surface area contributed by atoms with Crippen LogP contribution in [0.5, 0.6) is 0 Å². The number of nitrogens with zero attached hydrogens (tertiary/aromatic N) is 1. The molecular weight excluding hydrogens is 212 g/mol. The van der Waals surface area contributed by atoms with Gasteiger partial charge in [0.15, 0.2) is 5.13 Å². The minimum atomic E-state index is -0.0687. The fourth-order valence-electron chi connectivity index (χ4n) is 1.12. The van der Waals surface area contributed by atoms with Gasteiger partial charge in [0, 0.05) is 11.3 Å². The molecule has 80 valence electrons. The lowest BCUT2D eigenvalue weighted by Gasteiger charge is -2.05. The molecule has 1 heterocycles. The summed E-state index contributed by atoms with van der Waals surface area (Å²) in [5, 5.41) is 15.3. The zero-order valence-electron chi connectivity index (χ0n) is 8.33. The molecule has 3 N–H and O–H groups in total. The molecule has 1 aromatic rings. The number of rotatable bonds is 2. The maximum Gasteiger partial charge on any atom is 0.229 e. The summed E-state index contributed by atoms with van der Waals surface area (Å²) in [7, 11) is 0. The molecule has 0 unspecified atom stereocenters. The van der Waals surface area contributed by atoms with E-state index in [0.29, 0.717) is 5.13 Å². The molecule has 2 rings (SSSR count). The molecule has 1 amide bonds. The summed E-state index contributed by atoms with van der Waals surface area (Å²) in [6, 6.07) is 0. The first-order chi connectivity index (χ1) is 7.15. The zero-order chi connectivity index (χ0) is 10.8. The van der Waals surface area contributed by atoms with E-state index in [1.165, 1.54) is 11.3 Å². The maximum absolute atomic E-state index is 11.3. The van der Waals surface area contributed by atoms with Crippen molar-refractivity contribution in [1.29, 1.82) is 5.41 Å². The molecule has 0 saturated heterocycles. The lowest BCUT2D eigenvalue weighted by atomic mass is 10.4. The van der Waals surface area contributed by atoms with Gasteiger partial charge in [0.05, 0.1) is 5.69 Å². The molecule has 1 saturated carbocycles. The van der Waals surface area contributed by atoms with Gasteiger partial charge in [-0.15, -0.1) is 11.3 Å². The minimum absolute atomic E-state index is 0.00116. The molecule has 1 fully saturated rings. The van der Waals surface area contributed by atoms with Crippen molar-refractivity contribution in [2.75, 3.05) is 5.32 Å². The Bertz CT molecular complexity index is 397. The third-order valence-corrected chi connectivity index (χ3v) is 2.92. The Balaban J connectivity index is 1.84. The Morgan fingerprint density at radius 3 is 2.93 bits per heavy atom. The third-order valence-electron chi connectivity index (χ3n) is 2.05. The smallest absolute Gasteiger partial charge is 0.229 e. The van der Waals surface area contributed by atoms with Crippen LogP contribution >= 0.6 is 11.3 Å². The van der Waals surface area contributed by atoms with Gasteiger partial charge < -0.3 is 5.32 Å². The summed E-state index contributed by atoms with van der Waals surface area (Å²) in [6.45, 7) is 1.88. The Hall–Kier alpha value is -1.43. The highest BCUT2D eigenvalue weighted by Crippen LogP contribution is 2.28. The van der Waals surface area contributed by atoms with Crippen LogP contribution in [-0.2, 0) is 4.79 Å². The van der Waals surface area contributed by atoms with Crippen molar-refractivity contribution in [2.24, 2.45) is 5.92 Å². The van der Waals surface area contributed by atoms with E-state index in [-0.39, 0.29) is 17.8 Å². The number of thiazole rings is 1. The first kappa shape index (κ1) is 10.1. The van der Waals surface area contributed by atoms with Crippen molar-refractivity contribution < 1.29 is 4.79 Å². The molecule has 0 aromatic carbocycles. The highest BCUT2D eigenvalue weighted by Gasteiger charge is 2.30. The van der Waals surface area contributed by atoms with Crippen LogP contribution < -0.4 is 10.6 Å². The molecule has 1 aliphatic carbocycles. The second-order valence-electron chi connectivity index (χ2n) is 3.56. The van der Waals surface area contributed by atoms with Crippen molar-refractivity contribution in [2.45, 2.75) is 19.8 Å². The zero-order valence-corrected chi connectivity index (χ0v) is 9.15. The van der Waals surface area contributed by atoms with E-state index in [1.54, 1.807) is 0 Å². The summed E-state index contributed by atoms with van der Waals surface area (Å²) in [4.78, 5) is 15.4. The first-order valence-corrected chi connectivity index (χ1v) is 5.61. The molecule has 5 nitrogen and oxygen atoms in total. The van der Waals surface area contributed by atoms with Gasteiger partial charge in [-0.25, -0.2) is 4.98 Å². The van der Waals surface area contributed by atoms with E-state index < -0.39 is 0 Å². The molecular formula is C9H12N4OS. The number of carbonyl (C=O) groups excluding carboxylic acids is 1. The standard InChI is InChI=1S/C9H12N4OS/c1-5-4-15-9(11-5)13-8(10)12-7(14)6-2-3-6/h4,6H,2-3H2,1H3,(H3,10,11,12,13,14). The molecule has 1 aliphatic rings. The molecule has 0 spiro atoms. The van der Waals surface area contributed by atoms with Crippen LogP contribution in [0.1, 0.15) is 18.5 Å². The van der Waals surface area contributed by atoms with Gasteiger partial charge in [0.25, 0.3) is 0 Å². The Labute approximate surface area is 91.4 Å². The van der Waals surface area contributed by atoms with Crippen LogP contribution in [-0.4, -0.2) is 16.9 Å². The molecule has 0 atom stereocenters. The number of amides is 1.